The molecule has 0 fully saturated rings. The Morgan fingerprint density at radius 2 is 1.80 bits per heavy atom. The van der Waals surface area contributed by atoms with Gasteiger partial charge in [-0.1, -0.05) is 38.1 Å². The predicted octanol–water partition coefficient (Wildman–Crippen LogP) is 2.81. The lowest BCUT2D eigenvalue weighted by Gasteiger charge is -2.14. The number of nitrogens with zero attached hydrogens (tertiary/aromatic N) is 2. The van der Waals surface area contributed by atoms with Crippen LogP contribution in [0.5, 0.6) is 0 Å². The van der Waals surface area contributed by atoms with Crippen LogP contribution in [-0.2, 0) is 26.2 Å². The molecule has 2 rings (SSSR count). The molecule has 0 spiro atoms. The van der Waals surface area contributed by atoms with Crippen LogP contribution in [-0.4, -0.2) is 40.0 Å². The van der Waals surface area contributed by atoms with Crippen molar-refractivity contribution in [3.63, 3.8) is 0 Å². The van der Waals surface area contributed by atoms with Crippen molar-refractivity contribution in [3.8, 4) is 0 Å². The first-order valence-corrected chi connectivity index (χ1v) is 10.7. The van der Waals surface area contributed by atoms with Crippen molar-refractivity contribution in [2.75, 3.05) is 25.5 Å². The van der Waals surface area contributed by atoms with Crippen LogP contribution in [0.4, 0.5) is 11.4 Å². The molecule has 0 saturated heterocycles. The van der Waals surface area contributed by atoms with Gasteiger partial charge >= 0.3 is 5.97 Å². The first-order chi connectivity index (χ1) is 14.0. The van der Waals surface area contributed by atoms with Gasteiger partial charge in [0, 0.05) is 20.2 Å². The van der Waals surface area contributed by atoms with Crippen LogP contribution in [0.2, 0.25) is 0 Å². The molecule has 0 amide bonds. The summed E-state index contributed by atoms with van der Waals surface area (Å²) >= 11 is 0. The SMILES string of the molecule is CC(C)c1ccc(COC(=O)CNS(=O)(=O)c2ccc(N(C)C)c([N+](=O)[O-])c2)cc1. The largest absolute Gasteiger partial charge is 0.460 e. The Hall–Kier alpha value is -2.98. The second-order valence-corrected chi connectivity index (χ2v) is 8.95. The molecule has 0 unspecified atom stereocenters. The monoisotopic (exact) mass is 435 g/mol. The quantitative estimate of drug-likeness (QED) is 0.365. The highest BCUT2D eigenvalue weighted by molar-refractivity contribution is 7.89. The molecule has 0 bridgehead atoms. The van der Waals surface area contributed by atoms with Crippen molar-refractivity contribution in [1.29, 1.82) is 0 Å². The van der Waals surface area contributed by atoms with E-state index in [1.54, 1.807) is 14.1 Å². The average molecular weight is 436 g/mol. The van der Waals surface area contributed by atoms with Crippen LogP contribution >= 0.6 is 0 Å². The Kier molecular flexibility index (Phi) is 7.52. The number of nitro benzene ring substituents is 1. The van der Waals surface area contributed by atoms with Gasteiger partial charge in [-0.05, 0) is 29.2 Å². The van der Waals surface area contributed by atoms with Gasteiger partial charge in [-0.25, -0.2) is 8.42 Å². The maximum atomic E-state index is 12.4. The number of nitrogens with one attached hydrogen (secondary N) is 1. The fraction of sp³-hybridized carbons (Fsp3) is 0.350. The van der Waals surface area contributed by atoms with Gasteiger partial charge in [-0.15, -0.1) is 0 Å². The zero-order chi connectivity index (χ0) is 22.5. The number of sulfonamides is 1. The number of nitro groups is 1. The third-order valence-corrected chi connectivity index (χ3v) is 5.79. The van der Waals surface area contributed by atoms with E-state index >= 15 is 0 Å². The third-order valence-electron chi connectivity index (χ3n) is 4.39. The molecule has 0 aliphatic rings. The first-order valence-electron chi connectivity index (χ1n) is 9.21. The van der Waals surface area contributed by atoms with Crippen LogP contribution < -0.4 is 9.62 Å². The molecule has 0 aliphatic heterocycles. The lowest BCUT2D eigenvalue weighted by molar-refractivity contribution is -0.384. The van der Waals surface area contributed by atoms with Gasteiger partial charge in [0.05, 0.1) is 9.82 Å². The summed E-state index contributed by atoms with van der Waals surface area (Å²) < 4.78 is 32.0. The Bertz CT molecular complexity index is 1020. The summed E-state index contributed by atoms with van der Waals surface area (Å²) in [5.41, 5.74) is 1.86. The zero-order valence-corrected chi connectivity index (χ0v) is 18.1. The number of rotatable bonds is 9. The lowest BCUT2D eigenvalue weighted by atomic mass is 10.0. The molecule has 2 aromatic carbocycles. The first kappa shape index (κ1) is 23.3. The van der Waals surface area contributed by atoms with Gasteiger partial charge in [0.15, 0.2) is 0 Å². The molecule has 0 radical (unpaired) electrons. The number of carbonyl (C=O) groups is 1. The predicted molar refractivity (Wildman–Crippen MR) is 113 cm³/mol. The second kappa shape index (κ2) is 9.68. The number of benzene rings is 2. The Labute approximate surface area is 175 Å². The van der Waals surface area contributed by atoms with Crippen molar-refractivity contribution in [3.05, 3.63) is 63.7 Å². The molecule has 10 heteroatoms. The van der Waals surface area contributed by atoms with Crippen LogP contribution in [0.3, 0.4) is 0 Å². The van der Waals surface area contributed by atoms with Crippen molar-refractivity contribution >= 4 is 27.4 Å². The average Bonchev–Trinajstić information content (AvgIpc) is 2.70. The molecule has 0 aromatic heterocycles. The lowest BCUT2D eigenvalue weighted by Crippen LogP contribution is -2.30. The topological polar surface area (TPSA) is 119 Å². The van der Waals surface area contributed by atoms with Crippen molar-refractivity contribution in [1.82, 2.24) is 4.72 Å². The number of hydrogen-bond acceptors (Lipinski definition) is 7. The van der Waals surface area contributed by atoms with Gasteiger partial charge in [-0.2, -0.15) is 4.72 Å². The van der Waals surface area contributed by atoms with E-state index in [0.717, 1.165) is 17.2 Å². The molecular formula is C20H25N3O6S. The Balaban J connectivity index is 1.99. The molecule has 30 heavy (non-hydrogen) atoms. The Morgan fingerprint density at radius 3 is 2.33 bits per heavy atom. The number of ether oxygens (including phenoxy) is 1. The highest BCUT2D eigenvalue weighted by Crippen LogP contribution is 2.29. The maximum Gasteiger partial charge on any atom is 0.321 e. The molecule has 2 aromatic rings. The second-order valence-electron chi connectivity index (χ2n) is 7.18. The molecule has 9 nitrogen and oxygen atoms in total. The third kappa shape index (κ3) is 6.01. The van der Waals surface area contributed by atoms with E-state index in [9.17, 15) is 23.3 Å². The van der Waals surface area contributed by atoms with E-state index in [1.807, 2.05) is 24.3 Å². The maximum absolute atomic E-state index is 12.4. The normalized spacial score (nSPS) is 11.4. The highest BCUT2D eigenvalue weighted by atomic mass is 32.2. The molecular weight excluding hydrogens is 410 g/mol. The van der Waals surface area contributed by atoms with E-state index in [4.69, 9.17) is 4.74 Å². The smallest absolute Gasteiger partial charge is 0.321 e. The van der Waals surface area contributed by atoms with Crippen LogP contribution in [0, 0.1) is 10.1 Å². The summed E-state index contributed by atoms with van der Waals surface area (Å²) in [7, 11) is -0.901. The summed E-state index contributed by atoms with van der Waals surface area (Å²) in [6.07, 6.45) is 0. The van der Waals surface area contributed by atoms with Gasteiger partial charge in [0.25, 0.3) is 5.69 Å². The highest BCUT2D eigenvalue weighted by Gasteiger charge is 2.23. The van der Waals surface area contributed by atoms with Crippen molar-refractivity contribution < 1.29 is 22.9 Å². The minimum absolute atomic E-state index is 0.0158. The van der Waals surface area contributed by atoms with Gasteiger partial charge in [0.2, 0.25) is 10.0 Å². The minimum Gasteiger partial charge on any atom is -0.460 e. The van der Waals surface area contributed by atoms with Gasteiger partial charge in [-0.3, -0.25) is 14.9 Å². The summed E-state index contributed by atoms with van der Waals surface area (Å²) in [4.78, 5) is 23.7. The van der Waals surface area contributed by atoms with Crippen LogP contribution in [0.25, 0.3) is 0 Å². The summed E-state index contributed by atoms with van der Waals surface area (Å²) in [5.74, 6) is -0.371. The van der Waals surface area contributed by atoms with Gasteiger partial charge in [0.1, 0.15) is 18.8 Å². The number of hydrogen-bond donors (Lipinski definition) is 1. The number of carbonyl (C=O) groups excluding carboxylic acids is 1. The zero-order valence-electron chi connectivity index (χ0n) is 17.3. The van der Waals surface area contributed by atoms with Crippen molar-refractivity contribution in [2.24, 2.45) is 0 Å². The minimum atomic E-state index is -4.13. The fourth-order valence-corrected chi connectivity index (χ4v) is 3.63. The van der Waals surface area contributed by atoms with E-state index in [2.05, 4.69) is 18.6 Å². The summed E-state index contributed by atoms with van der Waals surface area (Å²) in [6, 6.07) is 11.1. The van der Waals surface area contributed by atoms with E-state index in [1.165, 1.54) is 17.0 Å². The molecule has 162 valence electrons. The number of anilines is 1. The van der Waals surface area contributed by atoms with E-state index in [-0.39, 0.29) is 22.9 Å². The van der Waals surface area contributed by atoms with Crippen LogP contribution in [0.15, 0.2) is 47.4 Å². The molecule has 0 heterocycles. The van der Waals surface area contributed by atoms with Gasteiger partial charge < -0.3 is 9.64 Å². The molecule has 0 saturated carbocycles. The molecule has 0 atom stereocenters. The standard InChI is InChI=1S/C20H25N3O6S/c1-14(2)16-7-5-15(6-8-16)13-29-20(24)12-21-30(27,28)17-9-10-18(22(3)4)19(11-17)23(25)26/h5-11,14,21H,12-13H2,1-4H3. The van der Waals surface area contributed by atoms with E-state index in [0.29, 0.717) is 5.92 Å². The molecule has 1 N–H and O–H groups in total. The summed E-state index contributed by atoms with van der Waals surface area (Å²) in [5, 5.41) is 11.2. The number of esters is 1. The summed E-state index contributed by atoms with van der Waals surface area (Å²) in [6.45, 7) is 3.57. The fourth-order valence-electron chi connectivity index (χ4n) is 2.65. The van der Waals surface area contributed by atoms with E-state index < -0.39 is 27.5 Å². The molecule has 0 aliphatic carbocycles. The Morgan fingerprint density at radius 1 is 1.17 bits per heavy atom. The van der Waals surface area contributed by atoms with Crippen LogP contribution in [0.1, 0.15) is 30.9 Å². The van der Waals surface area contributed by atoms with Crippen molar-refractivity contribution in [2.45, 2.75) is 31.3 Å².